The molecule has 0 saturated heterocycles. The molecule has 1 aromatic heterocycles. The summed E-state index contributed by atoms with van der Waals surface area (Å²) in [5.74, 6) is 0.672. The van der Waals surface area contributed by atoms with E-state index >= 15 is 0 Å². The van der Waals surface area contributed by atoms with Crippen LogP contribution in [0.2, 0.25) is 0 Å². The zero-order valence-electron chi connectivity index (χ0n) is 13.7. The monoisotopic (exact) mass is 351 g/mol. The fraction of sp³-hybridized carbons (Fsp3) is 0.105. The minimum Gasteiger partial charge on any atom is -0.330 e. The van der Waals surface area contributed by atoms with Crippen molar-refractivity contribution in [2.75, 3.05) is 0 Å². The molecule has 0 spiro atoms. The number of sulfonamides is 1. The van der Waals surface area contributed by atoms with Crippen molar-refractivity contribution in [3.05, 3.63) is 72.6 Å². The van der Waals surface area contributed by atoms with Gasteiger partial charge in [0.25, 0.3) is 0 Å². The molecule has 6 heteroatoms. The van der Waals surface area contributed by atoms with Gasteiger partial charge in [0.2, 0.25) is 10.0 Å². The summed E-state index contributed by atoms with van der Waals surface area (Å²) >= 11 is 0. The van der Waals surface area contributed by atoms with Crippen LogP contribution in [-0.2, 0) is 23.6 Å². The number of benzene rings is 3. The third-order valence-corrected chi connectivity index (χ3v) is 5.73. The molecular weight excluding hydrogens is 334 g/mol. The summed E-state index contributed by atoms with van der Waals surface area (Å²) in [6.07, 6.45) is 0. The molecule has 1 N–H and O–H groups in total. The number of hydrogen-bond acceptors (Lipinski definition) is 3. The highest BCUT2D eigenvalue weighted by Crippen LogP contribution is 2.19. The van der Waals surface area contributed by atoms with Crippen LogP contribution in [0.25, 0.3) is 21.8 Å². The van der Waals surface area contributed by atoms with Crippen LogP contribution >= 0.6 is 0 Å². The van der Waals surface area contributed by atoms with Gasteiger partial charge in [0, 0.05) is 7.05 Å². The predicted molar refractivity (Wildman–Crippen MR) is 98.7 cm³/mol. The fourth-order valence-corrected chi connectivity index (χ4v) is 3.95. The molecule has 0 aliphatic heterocycles. The van der Waals surface area contributed by atoms with E-state index in [1.165, 1.54) is 0 Å². The molecular formula is C19H17N3O2S. The summed E-state index contributed by atoms with van der Waals surface area (Å²) < 4.78 is 29.8. The summed E-state index contributed by atoms with van der Waals surface area (Å²) in [4.78, 5) is 4.75. The van der Waals surface area contributed by atoms with E-state index in [1.54, 1.807) is 12.1 Å². The van der Waals surface area contributed by atoms with Gasteiger partial charge in [-0.1, -0.05) is 42.5 Å². The first kappa shape index (κ1) is 15.8. The zero-order chi connectivity index (χ0) is 17.4. The third-order valence-electron chi connectivity index (χ3n) is 4.33. The quantitative estimate of drug-likeness (QED) is 0.614. The number of nitrogens with one attached hydrogen (secondary N) is 1. The Balaban J connectivity index is 1.62. The van der Waals surface area contributed by atoms with Gasteiger partial charge in [0.15, 0.2) is 0 Å². The summed E-state index contributed by atoms with van der Waals surface area (Å²) in [5.41, 5.74) is 1.83. The topological polar surface area (TPSA) is 64.0 Å². The number of imidazole rings is 1. The second-order valence-electron chi connectivity index (χ2n) is 5.91. The van der Waals surface area contributed by atoms with Gasteiger partial charge in [-0.3, -0.25) is 0 Å². The van der Waals surface area contributed by atoms with Crippen LogP contribution in [0.1, 0.15) is 5.82 Å². The van der Waals surface area contributed by atoms with Gasteiger partial charge in [-0.15, -0.1) is 0 Å². The molecule has 0 aliphatic carbocycles. The number of para-hydroxylation sites is 2. The third kappa shape index (κ3) is 2.90. The minimum absolute atomic E-state index is 0.139. The second kappa shape index (κ2) is 5.98. The van der Waals surface area contributed by atoms with Crippen molar-refractivity contribution in [2.24, 2.45) is 7.05 Å². The van der Waals surface area contributed by atoms with Crippen LogP contribution in [0, 0.1) is 0 Å². The molecule has 0 amide bonds. The van der Waals surface area contributed by atoms with Gasteiger partial charge in [0.1, 0.15) is 5.82 Å². The van der Waals surface area contributed by atoms with Crippen molar-refractivity contribution in [1.29, 1.82) is 0 Å². The SMILES string of the molecule is Cn1c(CNS(=O)(=O)c2ccc3ccccc3c2)nc2ccccc21. The van der Waals surface area contributed by atoms with E-state index in [0.29, 0.717) is 5.82 Å². The average molecular weight is 351 g/mol. The van der Waals surface area contributed by atoms with E-state index in [9.17, 15) is 8.42 Å². The van der Waals surface area contributed by atoms with Crippen molar-refractivity contribution in [3.63, 3.8) is 0 Å². The molecule has 1 heterocycles. The lowest BCUT2D eigenvalue weighted by atomic mass is 10.1. The zero-order valence-corrected chi connectivity index (χ0v) is 14.5. The summed E-state index contributed by atoms with van der Waals surface area (Å²) in [5, 5.41) is 1.91. The van der Waals surface area contributed by atoms with Gasteiger partial charge in [-0.05, 0) is 35.0 Å². The normalized spacial score (nSPS) is 12.0. The van der Waals surface area contributed by atoms with Crippen molar-refractivity contribution in [2.45, 2.75) is 11.4 Å². The molecule has 0 radical (unpaired) electrons. The molecule has 4 rings (SSSR count). The van der Waals surface area contributed by atoms with Crippen molar-refractivity contribution in [3.8, 4) is 0 Å². The van der Waals surface area contributed by atoms with Crippen LogP contribution in [0.4, 0.5) is 0 Å². The van der Waals surface area contributed by atoms with E-state index in [-0.39, 0.29) is 11.4 Å². The Bertz CT molecular complexity index is 1180. The standard InChI is InChI=1S/C19H17N3O2S/c1-22-18-9-5-4-8-17(18)21-19(22)13-20-25(23,24)16-11-10-14-6-2-3-7-15(14)12-16/h2-12,20H,13H2,1H3. The van der Waals surface area contributed by atoms with Crippen molar-refractivity contribution >= 4 is 31.8 Å². The first-order valence-corrected chi connectivity index (χ1v) is 9.42. The lowest BCUT2D eigenvalue weighted by Gasteiger charge is -2.08. The molecule has 0 saturated carbocycles. The maximum atomic E-state index is 12.6. The van der Waals surface area contributed by atoms with Crippen molar-refractivity contribution in [1.82, 2.24) is 14.3 Å². The molecule has 0 bridgehead atoms. The highest BCUT2D eigenvalue weighted by molar-refractivity contribution is 7.89. The van der Waals surface area contributed by atoms with E-state index in [4.69, 9.17) is 0 Å². The number of nitrogens with zero attached hydrogens (tertiary/aromatic N) is 2. The number of rotatable bonds is 4. The van der Waals surface area contributed by atoms with Crippen LogP contribution in [0.5, 0.6) is 0 Å². The molecule has 126 valence electrons. The van der Waals surface area contributed by atoms with Gasteiger partial charge >= 0.3 is 0 Å². The molecule has 5 nitrogen and oxygen atoms in total. The van der Waals surface area contributed by atoms with Crippen LogP contribution in [-0.4, -0.2) is 18.0 Å². The molecule has 3 aromatic carbocycles. The Morgan fingerprint density at radius 3 is 2.48 bits per heavy atom. The maximum absolute atomic E-state index is 12.6. The fourth-order valence-electron chi connectivity index (χ4n) is 2.93. The number of hydrogen-bond donors (Lipinski definition) is 1. The Hall–Kier alpha value is -2.70. The first-order valence-electron chi connectivity index (χ1n) is 7.93. The van der Waals surface area contributed by atoms with Crippen LogP contribution in [0.15, 0.2) is 71.6 Å². The molecule has 0 aliphatic rings. The highest BCUT2D eigenvalue weighted by Gasteiger charge is 2.16. The lowest BCUT2D eigenvalue weighted by Crippen LogP contribution is -2.24. The highest BCUT2D eigenvalue weighted by atomic mass is 32.2. The van der Waals surface area contributed by atoms with Gasteiger partial charge in [-0.2, -0.15) is 0 Å². The van der Waals surface area contributed by atoms with Crippen LogP contribution in [0.3, 0.4) is 0 Å². The molecule has 25 heavy (non-hydrogen) atoms. The van der Waals surface area contributed by atoms with Crippen LogP contribution < -0.4 is 4.72 Å². The maximum Gasteiger partial charge on any atom is 0.240 e. The second-order valence-corrected chi connectivity index (χ2v) is 7.68. The minimum atomic E-state index is -3.61. The summed E-state index contributed by atoms with van der Waals surface area (Å²) in [6, 6.07) is 20.5. The Labute approximate surface area is 146 Å². The van der Waals surface area contributed by atoms with E-state index < -0.39 is 10.0 Å². The Kier molecular flexibility index (Phi) is 3.78. The molecule has 0 fully saturated rings. The molecule has 0 atom stereocenters. The summed E-state index contributed by atoms with van der Waals surface area (Å²) in [7, 11) is -1.72. The predicted octanol–water partition coefficient (Wildman–Crippen LogP) is 3.21. The Morgan fingerprint density at radius 1 is 0.960 bits per heavy atom. The van der Waals surface area contributed by atoms with Crippen molar-refractivity contribution < 1.29 is 8.42 Å². The van der Waals surface area contributed by atoms with Gasteiger partial charge < -0.3 is 4.57 Å². The van der Waals surface area contributed by atoms with Gasteiger partial charge in [-0.25, -0.2) is 18.1 Å². The average Bonchev–Trinajstić information content (AvgIpc) is 2.96. The number of aryl methyl sites for hydroxylation is 1. The summed E-state index contributed by atoms with van der Waals surface area (Å²) in [6.45, 7) is 0.139. The van der Waals surface area contributed by atoms with Gasteiger partial charge in [0.05, 0.1) is 22.5 Å². The first-order chi connectivity index (χ1) is 12.0. The number of fused-ring (bicyclic) bond motifs is 2. The van der Waals surface area contributed by atoms with E-state index in [1.807, 2.05) is 66.2 Å². The number of aromatic nitrogens is 2. The lowest BCUT2D eigenvalue weighted by molar-refractivity contribution is 0.578. The Morgan fingerprint density at radius 2 is 1.68 bits per heavy atom. The van der Waals surface area contributed by atoms with E-state index in [2.05, 4.69) is 9.71 Å². The van der Waals surface area contributed by atoms with E-state index in [0.717, 1.165) is 21.8 Å². The smallest absolute Gasteiger partial charge is 0.240 e. The molecule has 4 aromatic rings. The largest absolute Gasteiger partial charge is 0.330 e. The molecule has 0 unspecified atom stereocenters.